The Kier molecular flexibility index (Phi) is 25.1. The molecule has 0 radical (unpaired) electrons. The Hall–Kier alpha value is -7.22. The van der Waals surface area contributed by atoms with E-state index >= 15 is 0 Å². The number of ether oxygens (including phenoxy) is 2. The zero-order valence-electron chi connectivity index (χ0n) is 56.3. The first-order valence-corrected chi connectivity index (χ1v) is 36.2. The molecule has 0 bridgehead atoms. The number of imidazole rings is 2. The van der Waals surface area contributed by atoms with Crippen molar-refractivity contribution in [1.82, 2.24) is 44.2 Å². The predicted molar refractivity (Wildman–Crippen MR) is 387 cm³/mol. The standard InChI is InChI=1S/C39H44BrClN4O3.C25H28BrClN2O4.C13H17N3/c1-39(2,3)48-38(47)45-18-15-28(35-33-14-13-32(41)22-27(33)11-12-29-21-31(40)24-43-36(29)35)23-34(45)37(46)30(20-26-8-5-4-6-9-26)10-7-17-44-19-16-42-25-44;1-25(2,3)33-24(32)29-9-8-15(12-20(29)23(30)31)21-19-7-6-18(27)11-14(19)4-5-16-10-17(26)13-28-22(16)21;1-2-5-13(6-3-1)11-14-7-4-9-16-10-8-15-12-16/h4-6,8-9,13-14,16,19,21-22,24-25,28,30,34-35H,7,10-12,15,17-18,20,23H2,1-3H3;6-7,10-11,13,15,20-21H,4-5,8-9,12H2,1-3H3,(H,30,31);1-3,5-6,8,10,12,14H,4,7,9,11H2/t28?,30?,34?,35-;15?,20?,21-;/m00./s1. The Labute approximate surface area is 597 Å². The fraction of sp³-hybridized carbons (Fsp3) is 0.429. The summed E-state index contributed by atoms with van der Waals surface area (Å²) in [4.78, 5) is 74.8. The number of Topliss-reactive ketones (excluding diaryl/α,β-unsaturated/α-hetero) is 1. The van der Waals surface area contributed by atoms with Crippen LogP contribution in [-0.4, -0.2) is 111 Å². The summed E-state index contributed by atoms with van der Waals surface area (Å²) < 4.78 is 17.4. The molecular weight excluding hydrogens is 1390 g/mol. The molecule has 4 aromatic heterocycles. The lowest BCUT2D eigenvalue weighted by Gasteiger charge is -2.43. The molecule has 12 rings (SSSR count). The normalized spacial score (nSPS) is 19.3. The number of nitrogens with one attached hydrogen (secondary N) is 1. The van der Waals surface area contributed by atoms with Crippen molar-refractivity contribution >= 4 is 79.0 Å². The highest BCUT2D eigenvalue weighted by Gasteiger charge is 2.46. The molecule has 2 fully saturated rings. The smallest absolute Gasteiger partial charge is 0.411 e. The van der Waals surface area contributed by atoms with Crippen molar-refractivity contribution in [2.24, 2.45) is 17.8 Å². The molecule has 2 aliphatic heterocycles. The third kappa shape index (κ3) is 20.0. The van der Waals surface area contributed by atoms with Crippen LogP contribution in [0.25, 0.3) is 0 Å². The Morgan fingerprint density at radius 3 is 1.55 bits per heavy atom. The summed E-state index contributed by atoms with van der Waals surface area (Å²) in [5.41, 5.74) is 10.3. The molecule has 2 saturated heterocycles. The molecule has 4 aromatic carbocycles. The molecule has 512 valence electrons. The summed E-state index contributed by atoms with van der Waals surface area (Å²) in [6.07, 6.45) is 22.8. The van der Waals surface area contributed by atoms with Crippen molar-refractivity contribution in [2.75, 3.05) is 19.6 Å². The molecule has 8 aromatic rings. The minimum absolute atomic E-state index is 0.00948. The Balaban J connectivity index is 0.000000179. The molecule has 6 heterocycles. The summed E-state index contributed by atoms with van der Waals surface area (Å²) in [6, 6.07) is 35.5. The first-order chi connectivity index (χ1) is 46.5. The van der Waals surface area contributed by atoms with Crippen LogP contribution in [-0.2, 0) is 70.8 Å². The minimum Gasteiger partial charge on any atom is -0.480 e. The van der Waals surface area contributed by atoms with Gasteiger partial charge in [0.2, 0.25) is 0 Å². The first-order valence-electron chi connectivity index (χ1n) is 33.8. The van der Waals surface area contributed by atoms with Gasteiger partial charge in [-0.2, -0.15) is 0 Å². The number of aryl methyl sites for hydroxylation is 6. The van der Waals surface area contributed by atoms with Crippen molar-refractivity contribution in [2.45, 2.75) is 173 Å². The van der Waals surface area contributed by atoms with Crippen molar-refractivity contribution in [3.63, 3.8) is 0 Å². The van der Waals surface area contributed by atoms with Crippen LogP contribution in [0.1, 0.15) is 154 Å². The predicted octanol–water partition coefficient (Wildman–Crippen LogP) is 16.7. The monoisotopic (exact) mass is 1480 g/mol. The molecular formula is C77H89Br2Cl2N9O7. The number of hydrogen-bond acceptors (Lipinski definition) is 11. The average molecular weight is 1480 g/mol. The molecule has 5 unspecified atom stereocenters. The molecule has 97 heavy (non-hydrogen) atoms. The van der Waals surface area contributed by atoms with Gasteiger partial charge in [0.05, 0.1) is 30.1 Å². The van der Waals surface area contributed by atoms with E-state index in [9.17, 15) is 24.3 Å². The number of carboxylic acids is 1. The van der Waals surface area contributed by atoms with Crippen molar-refractivity contribution in [1.29, 1.82) is 0 Å². The Morgan fingerprint density at radius 2 is 1.07 bits per heavy atom. The van der Waals surface area contributed by atoms with Crippen LogP contribution in [0.3, 0.4) is 0 Å². The Morgan fingerprint density at radius 1 is 0.608 bits per heavy atom. The maximum absolute atomic E-state index is 14.9. The second-order valence-electron chi connectivity index (χ2n) is 27.9. The van der Waals surface area contributed by atoms with Crippen LogP contribution < -0.4 is 5.32 Å². The van der Waals surface area contributed by atoms with Crippen molar-refractivity contribution < 1.29 is 33.8 Å². The van der Waals surface area contributed by atoms with E-state index in [4.69, 9.17) is 42.6 Å². The number of pyridine rings is 2. The third-order valence-electron chi connectivity index (χ3n) is 18.6. The van der Waals surface area contributed by atoms with Gasteiger partial charge in [0.1, 0.15) is 17.2 Å². The van der Waals surface area contributed by atoms with Gasteiger partial charge in [-0.25, -0.2) is 24.4 Å². The highest BCUT2D eigenvalue weighted by molar-refractivity contribution is 9.10. The molecule has 0 spiro atoms. The summed E-state index contributed by atoms with van der Waals surface area (Å²) >= 11 is 20.0. The number of fused-ring (bicyclic) bond motifs is 4. The molecule has 20 heteroatoms. The summed E-state index contributed by atoms with van der Waals surface area (Å²) in [6.45, 7) is 15.5. The van der Waals surface area contributed by atoms with E-state index < -0.39 is 41.4 Å². The zero-order chi connectivity index (χ0) is 68.8. The highest BCUT2D eigenvalue weighted by Crippen LogP contribution is 2.47. The number of carbonyl (C=O) groups is 4. The van der Waals surface area contributed by atoms with E-state index in [1.807, 2.05) is 105 Å². The fourth-order valence-electron chi connectivity index (χ4n) is 14.2. The molecule has 2 N–H and O–H groups in total. The number of carbonyl (C=O) groups excluding carboxylic acids is 3. The van der Waals surface area contributed by atoms with Gasteiger partial charge in [0.25, 0.3) is 0 Å². The highest BCUT2D eigenvalue weighted by atomic mass is 79.9. The number of amides is 2. The lowest BCUT2D eigenvalue weighted by Crippen LogP contribution is -2.53. The number of likely N-dealkylation sites (tertiary alicyclic amines) is 2. The van der Waals surface area contributed by atoms with Gasteiger partial charge in [-0.05, 0) is 250 Å². The van der Waals surface area contributed by atoms with Gasteiger partial charge in [-0.1, -0.05) is 96.0 Å². The summed E-state index contributed by atoms with van der Waals surface area (Å²) in [5.74, 6) is -1.15. The molecule has 16 nitrogen and oxygen atoms in total. The second-order valence-corrected chi connectivity index (χ2v) is 30.6. The number of nitrogens with zero attached hydrogens (tertiary/aromatic N) is 8. The van der Waals surface area contributed by atoms with Crippen LogP contribution in [0.2, 0.25) is 10.0 Å². The molecule has 2 aliphatic carbocycles. The fourth-order valence-corrected chi connectivity index (χ4v) is 15.3. The van der Waals surface area contributed by atoms with Crippen LogP contribution >= 0.6 is 55.1 Å². The van der Waals surface area contributed by atoms with Gasteiger partial charge in [0.15, 0.2) is 5.78 Å². The van der Waals surface area contributed by atoms with Gasteiger partial charge >= 0.3 is 18.2 Å². The quantitative estimate of drug-likeness (QED) is 0.0823. The van der Waals surface area contributed by atoms with Crippen LogP contribution in [0.5, 0.6) is 0 Å². The summed E-state index contributed by atoms with van der Waals surface area (Å²) in [7, 11) is 0. The van der Waals surface area contributed by atoms with Crippen LogP contribution in [0.15, 0.2) is 168 Å². The van der Waals surface area contributed by atoms with E-state index in [0.29, 0.717) is 50.2 Å². The van der Waals surface area contributed by atoms with E-state index in [1.54, 1.807) is 38.1 Å². The summed E-state index contributed by atoms with van der Waals surface area (Å²) in [5, 5.41) is 14.8. The number of ketones is 1. The van der Waals surface area contributed by atoms with Gasteiger partial charge < -0.3 is 29.0 Å². The average Bonchev–Trinajstić information content (AvgIpc) is 1.75. The van der Waals surface area contributed by atoms with E-state index in [2.05, 4.69) is 118 Å². The molecule has 4 aliphatic rings. The van der Waals surface area contributed by atoms with Crippen molar-refractivity contribution in [3.8, 4) is 0 Å². The number of carboxylic acid groups (broad SMARTS) is 1. The largest absolute Gasteiger partial charge is 0.480 e. The maximum Gasteiger partial charge on any atom is 0.411 e. The lowest BCUT2D eigenvalue weighted by molar-refractivity contribution is -0.145. The first kappa shape index (κ1) is 72.5. The van der Waals surface area contributed by atoms with E-state index in [1.165, 1.54) is 32.7 Å². The number of aromatic nitrogens is 6. The van der Waals surface area contributed by atoms with Crippen LogP contribution in [0, 0.1) is 17.8 Å². The number of aliphatic carboxylic acids is 1. The maximum atomic E-state index is 14.9. The van der Waals surface area contributed by atoms with Gasteiger partial charge in [-0.15, -0.1) is 0 Å². The topological polar surface area (TPSA) is 187 Å². The SMILES string of the molecule is CC(C)(C)OC(=O)N1CCC([C@H]2c3ccc(Cl)cc3CCc3cc(Br)cnc32)CC1C(=O)C(CCCn1ccnc1)Cc1ccccc1.CC(C)(C)OC(=O)N1CCC([C@H]2c3ccc(Cl)cc3CCc3cc(Br)cnc32)CC1C(=O)O.c1ccc(CNCCCn2ccnc2)cc1. The number of halogens is 4. The number of piperidine rings is 2. The Bertz CT molecular complexity index is 3820. The van der Waals surface area contributed by atoms with E-state index in [0.717, 1.165) is 113 Å². The number of benzene rings is 4. The third-order valence-corrected chi connectivity index (χ3v) is 19.9. The lowest BCUT2D eigenvalue weighted by atomic mass is 9.72. The molecule has 2 amide bonds. The zero-order valence-corrected chi connectivity index (χ0v) is 61.0. The van der Waals surface area contributed by atoms with Crippen molar-refractivity contribution in [3.05, 3.63) is 234 Å². The number of rotatable bonds is 17. The minimum atomic E-state index is -1.01. The molecule has 7 atom stereocenters. The second kappa shape index (κ2) is 33.6. The van der Waals surface area contributed by atoms with Gasteiger partial charge in [0, 0.05) is 107 Å². The molecule has 0 saturated carbocycles. The van der Waals surface area contributed by atoms with E-state index in [-0.39, 0.29) is 35.4 Å². The van der Waals surface area contributed by atoms with Crippen LogP contribution in [0.4, 0.5) is 9.59 Å². The number of hydrogen-bond donors (Lipinski definition) is 2. The van der Waals surface area contributed by atoms with Gasteiger partial charge in [-0.3, -0.25) is 24.6 Å².